The molecule has 96 valence electrons. The van der Waals surface area contributed by atoms with Crippen molar-refractivity contribution in [2.45, 2.75) is 12.8 Å². The summed E-state index contributed by atoms with van der Waals surface area (Å²) in [7, 11) is 0. The van der Waals surface area contributed by atoms with Gasteiger partial charge in [0, 0.05) is 38.3 Å². The lowest BCUT2D eigenvalue weighted by Gasteiger charge is -2.31. The smallest absolute Gasteiger partial charge is 0.224 e. The maximum Gasteiger partial charge on any atom is 0.224 e. The predicted octanol–water partition coefficient (Wildman–Crippen LogP) is 0.563. The molecule has 1 fully saturated rings. The third kappa shape index (κ3) is 2.01. The number of aryl methyl sites for hydroxylation is 1. The second kappa shape index (κ2) is 4.49. The predicted molar refractivity (Wildman–Crippen MR) is 72.9 cm³/mol. The van der Waals surface area contributed by atoms with E-state index in [1.807, 2.05) is 6.07 Å². The van der Waals surface area contributed by atoms with Crippen molar-refractivity contribution in [3.05, 3.63) is 17.7 Å². The highest BCUT2D eigenvalue weighted by atomic mass is 16.1. The minimum absolute atomic E-state index is 0.0804. The van der Waals surface area contributed by atoms with Gasteiger partial charge in [-0.2, -0.15) is 0 Å². The molecule has 1 amide bonds. The second-order valence-electron chi connectivity index (χ2n) is 4.85. The van der Waals surface area contributed by atoms with E-state index in [0.29, 0.717) is 6.42 Å². The van der Waals surface area contributed by atoms with Gasteiger partial charge < -0.3 is 21.3 Å². The van der Waals surface area contributed by atoms with E-state index in [9.17, 15) is 4.79 Å². The van der Waals surface area contributed by atoms with E-state index >= 15 is 0 Å². The van der Waals surface area contributed by atoms with Crippen molar-refractivity contribution in [1.82, 2.24) is 5.32 Å². The Labute approximate surface area is 106 Å². The van der Waals surface area contributed by atoms with Gasteiger partial charge in [-0.05, 0) is 24.1 Å². The van der Waals surface area contributed by atoms with Gasteiger partial charge in [0.25, 0.3) is 0 Å². The van der Waals surface area contributed by atoms with Crippen molar-refractivity contribution in [3.8, 4) is 0 Å². The Balaban J connectivity index is 1.93. The molecule has 18 heavy (non-hydrogen) atoms. The first-order valence-corrected chi connectivity index (χ1v) is 6.42. The molecule has 5 heteroatoms. The van der Waals surface area contributed by atoms with Crippen LogP contribution in [0.1, 0.15) is 12.0 Å². The van der Waals surface area contributed by atoms with E-state index in [-0.39, 0.29) is 5.91 Å². The molecule has 0 atom stereocenters. The molecule has 1 saturated heterocycles. The van der Waals surface area contributed by atoms with Crippen LogP contribution in [-0.4, -0.2) is 32.1 Å². The molecule has 0 saturated carbocycles. The van der Waals surface area contributed by atoms with E-state index in [2.05, 4.69) is 21.6 Å². The fourth-order valence-electron chi connectivity index (χ4n) is 2.61. The summed E-state index contributed by atoms with van der Waals surface area (Å²) in [6.07, 6.45) is 1.37. The van der Waals surface area contributed by atoms with Crippen LogP contribution in [0.25, 0.3) is 0 Å². The van der Waals surface area contributed by atoms with Crippen molar-refractivity contribution in [1.29, 1.82) is 0 Å². The third-order valence-electron chi connectivity index (χ3n) is 3.61. The third-order valence-corrected chi connectivity index (χ3v) is 3.61. The standard InChI is InChI=1S/C13H18N4O/c14-10-8-11-9(1-2-13(18)16-11)7-12(10)17-5-3-15-4-6-17/h7-8,15H,1-6,14H2,(H,16,18). The van der Waals surface area contributed by atoms with E-state index in [4.69, 9.17) is 5.73 Å². The maximum atomic E-state index is 11.4. The number of amides is 1. The summed E-state index contributed by atoms with van der Waals surface area (Å²) in [5.41, 5.74) is 10.0. The Morgan fingerprint density at radius 2 is 1.94 bits per heavy atom. The molecule has 2 heterocycles. The lowest BCUT2D eigenvalue weighted by Crippen LogP contribution is -2.43. The molecular formula is C13H18N4O. The van der Waals surface area contributed by atoms with Gasteiger partial charge in [-0.25, -0.2) is 0 Å². The second-order valence-corrected chi connectivity index (χ2v) is 4.85. The molecule has 2 aliphatic heterocycles. The van der Waals surface area contributed by atoms with Crippen LogP contribution in [0.2, 0.25) is 0 Å². The number of rotatable bonds is 1. The Bertz CT molecular complexity index is 480. The lowest BCUT2D eigenvalue weighted by atomic mass is 10.0. The van der Waals surface area contributed by atoms with Crippen LogP contribution < -0.4 is 21.3 Å². The van der Waals surface area contributed by atoms with Gasteiger partial charge in [0.1, 0.15) is 0 Å². The quantitative estimate of drug-likeness (QED) is 0.633. The van der Waals surface area contributed by atoms with Crippen LogP contribution in [0.15, 0.2) is 12.1 Å². The van der Waals surface area contributed by atoms with Crippen molar-refractivity contribution >= 4 is 23.0 Å². The Kier molecular flexibility index (Phi) is 2.83. The molecule has 0 unspecified atom stereocenters. The molecule has 1 aromatic rings. The largest absolute Gasteiger partial charge is 0.397 e. The molecule has 0 spiro atoms. The monoisotopic (exact) mass is 246 g/mol. The summed E-state index contributed by atoms with van der Waals surface area (Å²) >= 11 is 0. The molecule has 5 nitrogen and oxygen atoms in total. The molecule has 0 aromatic heterocycles. The number of piperazine rings is 1. The number of hydrogen-bond acceptors (Lipinski definition) is 4. The topological polar surface area (TPSA) is 70.4 Å². The number of nitrogens with zero attached hydrogens (tertiary/aromatic N) is 1. The van der Waals surface area contributed by atoms with Crippen LogP contribution in [0.5, 0.6) is 0 Å². The summed E-state index contributed by atoms with van der Waals surface area (Å²) < 4.78 is 0. The van der Waals surface area contributed by atoms with Crippen LogP contribution in [0, 0.1) is 0 Å². The highest BCUT2D eigenvalue weighted by molar-refractivity contribution is 5.95. The Morgan fingerprint density at radius 1 is 1.17 bits per heavy atom. The van der Waals surface area contributed by atoms with Crippen LogP contribution >= 0.6 is 0 Å². The number of nitrogens with two attached hydrogens (primary N) is 1. The zero-order valence-electron chi connectivity index (χ0n) is 10.3. The summed E-state index contributed by atoms with van der Waals surface area (Å²) in [6.45, 7) is 3.95. The average molecular weight is 246 g/mol. The number of benzene rings is 1. The number of carbonyl (C=O) groups excluding carboxylic acids is 1. The highest BCUT2D eigenvalue weighted by Gasteiger charge is 2.19. The molecular weight excluding hydrogens is 228 g/mol. The zero-order valence-corrected chi connectivity index (χ0v) is 10.3. The minimum atomic E-state index is 0.0804. The number of anilines is 3. The number of carbonyl (C=O) groups is 1. The first-order valence-electron chi connectivity index (χ1n) is 6.42. The van der Waals surface area contributed by atoms with E-state index in [1.165, 1.54) is 5.56 Å². The molecule has 1 aromatic carbocycles. The maximum absolute atomic E-state index is 11.4. The molecule has 4 N–H and O–H groups in total. The normalized spacial score (nSPS) is 19.3. The van der Waals surface area contributed by atoms with Crippen molar-refractivity contribution in [2.24, 2.45) is 0 Å². The summed E-state index contributed by atoms with van der Waals surface area (Å²) in [4.78, 5) is 13.7. The van der Waals surface area contributed by atoms with Crippen LogP contribution in [0.4, 0.5) is 17.1 Å². The molecule has 0 bridgehead atoms. The Hall–Kier alpha value is -1.75. The summed E-state index contributed by atoms with van der Waals surface area (Å²) in [5, 5.41) is 6.21. The van der Waals surface area contributed by atoms with Crippen LogP contribution in [0.3, 0.4) is 0 Å². The molecule has 3 rings (SSSR count). The van der Waals surface area contributed by atoms with E-state index in [1.54, 1.807) is 0 Å². The summed E-state index contributed by atoms with van der Waals surface area (Å²) in [5.74, 6) is 0.0804. The van der Waals surface area contributed by atoms with Gasteiger partial charge in [0.05, 0.1) is 11.4 Å². The first kappa shape index (κ1) is 11.3. The van der Waals surface area contributed by atoms with E-state index in [0.717, 1.165) is 49.7 Å². The number of nitrogens with one attached hydrogen (secondary N) is 2. The Morgan fingerprint density at radius 3 is 2.72 bits per heavy atom. The molecule has 2 aliphatic rings. The lowest BCUT2D eigenvalue weighted by molar-refractivity contribution is -0.116. The van der Waals surface area contributed by atoms with Gasteiger partial charge in [0.15, 0.2) is 0 Å². The van der Waals surface area contributed by atoms with Gasteiger partial charge in [0.2, 0.25) is 5.91 Å². The van der Waals surface area contributed by atoms with Crippen LogP contribution in [-0.2, 0) is 11.2 Å². The van der Waals surface area contributed by atoms with Crippen molar-refractivity contribution in [3.63, 3.8) is 0 Å². The van der Waals surface area contributed by atoms with E-state index < -0.39 is 0 Å². The number of hydrogen-bond donors (Lipinski definition) is 3. The SMILES string of the molecule is Nc1cc2c(cc1N1CCNCC1)CCC(=O)N2. The highest BCUT2D eigenvalue weighted by Crippen LogP contribution is 2.33. The van der Waals surface area contributed by atoms with Gasteiger partial charge in [-0.3, -0.25) is 4.79 Å². The average Bonchev–Trinajstić information content (AvgIpc) is 2.39. The van der Waals surface area contributed by atoms with Crippen molar-refractivity contribution in [2.75, 3.05) is 42.1 Å². The fourth-order valence-corrected chi connectivity index (χ4v) is 2.61. The zero-order chi connectivity index (χ0) is 12.5. The molecule has 0 radical (unpaired) electrons. The summed E-state index contributed by atoms with van der Waals surface area (Å²) in [6, 6.07) is 4.03. The minimum Gasteiger partial charge on any atom is -0.397 e. The van der Waals surface area contributed by atoms with Gasteiger partial charge >= 0.3 is 0 Å². The van der Waals surface area contributed by atoms with Gasteiger partial charge in [-0.15, -0.1) is 0 Å². The van der Waals surface area contributed by atoms with Crippen molar-refractivity contribution < 1.29 is 4.79 Å². The first-order chi connectivity index (χ1) is 8.74. The fraction of sp³-hybridized carbons (Fsp3) is 0.462. The molecule has 0 aliphatic carbocycles. The number of nitrogen functional groups attached to an aromatic ring is 1. The number of fused-ring (bicyclic) bond motifs is 1. The van der Waals surface area contributed by atoms with Gasteiger partial charge in [-0.1, -0.05) is 0 Å².